The maximum Gasteiger partial charge on any atom is 0.325 e. The van der Waals surface area contributed by atoms with E-state index in [0.717, 1.165) is 15.8 Å². The molecule has 1 fully saturated rings. The predicted molar refractivity (Wildman–Crippen MR) is 69.8 cm³/mol. The normalized spacial score (nSPS) is 19.9. The van der Waals surface area contributed by atoms with Crippen molar-refractivity contribution in [1.82, 2.24) is 10.2 Å². The van der Waals surface area contributed by atoms with Crippen molar-refractivity contribution in [2.45, 2.75) is 32.4 Å². The molecule has 1 saturated heterocycles. The Labute approximate surface area is 112 Å². The number of nitrogens with one attached hydrogen (secondary N) is 1. The lowest BCUT2D eigenvalue weighted by Gasteiger charge is -2.11. The average Bonchev–Trinajstić information content (AvgIpc) is 2.79. The summed E-state index contributed by atoms with van der Waals surface area (Å²) in [6.07, 6.45) is 1.58. The van der Waals surface area contributed by atoms with Crippen LogP contribution in [-0.2, 0) is 11.3 Å². The van der Waals surface area contributed by atoms with Crippen LogP contribution in [0.1, 0.15) is 24.6 Å². The third kappa shape index (κ3) is 2.52. The average molecular weight is 317 g/mol. The van der Waals surface area contributed by atoms with E-state index in [-0.39, 0.29) is 18.0 Å². The summed E-state index contributed by atoms with van der Waals surface area (Å²) >= 11 is 4.93. The summed E-state index contributed by atoms with van der Waals surface area (Å²) in [6, 6.07) is 1.29. The minimum Gasteiger partial charge on any atom is -0.326 e. The summed E-state index contributed by atoms with van der Waals surface area (Å²) in [5.41, 5.74) is 0. The summed E-state index contributed by atoms with van der Waals surface area (Å²) in [6.45, 7) is 2.35. The molecule has 1 N–H and O–H groups in total. The number of urea groups is 1. The van der Waals surface area contributed by atoms with E-state index in [9.17, 15) is 9.59 Å². The quantitative estimate of drug-likeness (QED) is 0.868. The number of amides is 3. The molecule has 0 bridgehead atoms. The second-order valence-electron chi connectivity index (χ2n) is 3.91. The Balaban J connectivity index is 2.09. The zero-order valence-corrected chi connectivity index (χ0v) is 11.8. The zero-order valence-electron chi connectivity index (χ0n) is 9.40. The number of thiophene rings is 1. The molecule has 1 aliphatic heterocycles. The van der Waals surface area contributed by atoms with E-state index in [2.05, 4.69) is 21.2 Å². The first-order valence-electron chi connectivity index (χ1n) is 5.47. The fourth-order valence-electron chi connectivity index (χ4n) is 1.79. The Kier molecular flexibility index (Phi) is 3.83. The molecular formula is C11H13BrN2O2S. The molecule has 0 aliphatic carbocycles. The fraction of sp³-hybridized carbons (Fsp3) is 0.455. The van der Waals surface area contributed by atoms with E-state index in [4.69, 9.17) is 0 Å². The van der Waals surface area contributed by atoms with Crippen LogP contribution in [0.4, 0.5) is 4.79 Å². The Morgan fingerprint density at radius 3 is 2.88 bits per heavy atom. The van der Waals surface area contributed by atoms with Gasteiger partial charge in [0.15, 0.2) is 0 Å². The topological polar surface area (TPSA) is 49.4 Å². The summed E-state index contributed by atoms with van der Waals surface area (Å²) in [5.74, 6) is -0.114. The first-order valence-corrected chi connectivity index (χ1v) is 7.14. The van der Waals surface area contributed by atoms with Crippen molar-refractivity contribution in [3.05, 3.63) is 20.8 Å². The maximum atomic E-state index is 12.0. The fourth-order valence-corrected chi connectivity index (χ4v) is 3.26. The first kappa shape index (κ1) is 12.6. The van der Waals surface area contributed by atoms with Crippen molar-refractivity contribution in [2.75, 3.05) is 0 Å². The van der Waals surface area contributed by atoms with E-state index in [1.165, 1.54) is 16.2 Å². The van der Waals surface area contributed by atoms with Crippen molar-refractivity contribution < 1.29 is 9.59 Å². The second kappa shape index (κ2) is 5.18. The Hall–Kier alpha value is -0.880. The number of nitrogens with zero attached hydrogens (tertiary/aromatic N) is 1. The SMILES string of the molecule is CCCC1NC(=O)N(Cc2sccc2Br)C1=O. The number of halogens is 1. The summed E-state index contributed by atoms with van der Waals surface area (Å²) in [7, 11) is 0. The number of carbonyl (C=O) groups is 2. The number of hydrogen-bond acceptors (Lipinski definition) is 3. The van der Waals surface area contributed by atoms with Crippen molar-refractivity contribution in [2.24, 2.45) is 0 Å². The van der Waals surface area contributed by atoms with Gasteiger partial charge in [0.2, 0.25) is 0 Å². The number of hydrogen-bond donors (Lipinski definition) is 1. The highest BCUT2D eigenvalue weighted by atomic mass is 79.9. The van der Waals surface area contributed by atoms with Crippen molar-refractivity contribution >= 4 is 39.2 Å². The van der Waals surface area contributed by atoms with Crippen LogP contribution in [0.25, 0.3) is 0 Å². The first-order chi connectivity index (χ1) is 8.13. The summed E-state index contributed by atoms with van der Waals surface area (Å²) < 4.78 is 0.946. The Morgan fingerprint density at radius 2 is 2.29 bits per heavy atom. The van der Waals surface area contributed by atoms with Gasteiger partial charge in [0.05, 0.1) is 6.54 Å². The minimum absolute atomic E-state index is 0.114. The number of carbonyl (C=O) groups excluding carboxylic acids is 2. The molecule has 92 valence electrons. The third-order valence-electron chi connectivity index (χ3n) is 2.68. The molecule has 1 atom stereocenters. The van der Waals surface area contributed by atoms with Gasteiger partial charge in [-0.3, -0.25) is 9.69 Å². The molecular weight excluding hydrogens is 304 g/mol. The van der Waals surface area contributed by atoms with Gasteiger partial charge in [0, 0.05) is 9.35 Å². The maximum absolute atomic E-state index is 12.0. The molecule has 17 heavy (non-hydrogen) atoms. The predicted octanol–water partition coefficient (Wildman–Crippen LogP) is 2.73. The van der Waals surface area contributed by atoms with E-state index in [0.29, 0.717) is 13.0 Å². The van der Waals surface area contributed by atoms with Crippen LogP contribution >= 0.6 is 27.3 Å². The van der Waals surface area contributed by atoms with E-state index in [1.54, 1.807) is 0 Å². The smallest absolute Gasteiger partial charge is 0.325 e. The molecule has 4 nitrogen and oxygen atoms in total. The molecule has 1 aliphatic rings. The van der Waals surface area contributed by atoms with Crippen molar-refractivity contribution in [3.63, 3.8) is 0 Å². The molecule has 0 aromatic carbocycles. The Morgan fingerprint density at radius 1 is 1.53 bits per heavy atom. The van der Waals surface area contributed by atoms with Crippen LogP contribution in [0, 0.1) is 0 Å². The van der Waals surface area contributed by atoms with Gasteiger partial charge in [-0.1, -0.05) is 13.3 Å². The van der Waals surface area contributed by atoms with Gasteiger partial charge in [-0.05, 0) is 33.8 Å². The molecule has 2 heterocycles. The van der Waals surface area contributed by atoms with E-state index < -0.39 is 0 Å². The van der Waals surface area contributed by atoms with Gasteiger partial charge in [0.25, 0.3) is 5.91 Å². The molecule has 0 spiro atoms. The highest BCUT2D eigenvalue weighted by molar-refractivity contribution is 9.10. The van der Waals surface area contributed by atoms with Crippen LogP contribution in [0.2, 0.25) is 0 Å². The van der Waals surface area contributed by atoms with Gasteiger partial charge in [-0.15, -0.1) is 11.3 Å². The summed E-state index contributed by atoms with van der Waals surface area (Å²) in [5, 5.41) is 4.65. The van der Waals surface area contributed by atoms with Crippen molar-refractivity contribution in [1.29, 1.82) is 0 Å². The number of rotatable bonds is 4. The van der Waals surface area contributed by atoms with Crippen molar-refractivity contribution in [3.8, 4) is 0 Å². The second-order valence-corrected chi connectivity index (χ2v) is 5.76. The van der Waals surface area contributed by atoms with Crippen LogP contribution in [0.3, 0.4) is 0 Å². The molecule has 0 saturated carbocycles. The summed E-state index contributed by atoms with van der Waals surface area (Å²) in [4.78, 5) is 25.9. The monoisotopic (exact) mass is 316 g/mol. The molecule has 1 unspecified atom stereocenters. The van der Waals surface area contributed by atoms with Gasteiger partial charge in [-0.2, -0.15) is 0 Å². The molecule has 0 radical (unpaired) electrons. The van der Waals surface area contributed by atoms with Gasteiger partial charge in [-0.25, -0.2) is 4.79 Å². The lowest BCUT2D eigenvalue weighted by molar-refractivity contribution is -0.128. The van der Waals surface area contributed by atoms with E-state index in [1.807, 2.05) is 18.4 Å². The largest absolute Gasteiger partial charge is 0.326 e. The van der Waals surface area contributed by atoms with Crippen LogP contribution < -0.4 is 5.32 Å². The van der Waals surface area contributed by atoms with Gasteiger partial charge in [0.1, 0.15) is 6.04 Å². The van der Waals surface area contributed by atoms with Gasteiger partial charge >= 0.3 is 6.03 Å². The molecule has 6 heteroatoms. The molecule has 3 amide bonds. The zero-order chi connectivity index (χ0) is 12.4. The lowest BCUT2D eigenvalue weighted by Crippen LogP contribution is -2.30. The molecule has 1 aromatic rings. The van der Waals surface area contributed by atoms with Crippen LogP contribution in [0.5, 0.6) is 0 Å². The lowest BCUT2D eigenvalue weighted by atomic mass is 10.2. The highest BCUT2D eigenvalue weighted by Crippen LogP contribution is 2.25. The Bertz CT molecular complexity index is 446. The highest BCUT2D eigenvalue weighted by Gasteiger charge is 2.37. The number of imide groups is 1. The third-order valence-corrected chi connectivity index (χ3v) is 4.59. The minimum atomic E-state index is -0.341. The van der Waals surface area contributed by atoms with Crippen LogP contribution in [0.15, 0.2) is 15.9 Å². The van der Waals surface area contributed by atoms with Crippen LogP contribution in [-0.4, -0.2) is 22.9 Å². The molecule has 2 rings (SSSR count). The molecule has 1 aromatic heterocycles. The van der Waals surface area contributed by atoms with Gasteiger partial charge < -0.3 is 5.32 Å². The standard InChI is InChI=1S/C11H13BrN2O2S/c1-2-3-8-10(15)14(11(16)13-8)6-9-7(12)4-5-17-9/h4-5,8H,2-3,6H2,1H3,(H,13,16). The van der Waals surface area contributed by atoms with E-state index >= 15 is 0 Å².